The van der Waals surface area contributed by atoms with Gasteiger partial charge in [-0.25, -0.2) is 18.2 Å². The van der Waals surface area contributed by atoms with Gasteiger partial charge in [0.2, 0.25) is 27.7 Å². The number of nitrogens with zero attached hydrogens (tertiary/aromatic N) is 2. The van der Waals surface area contributed by atoms with Crippen molar-refractivity contribution in [1.29, 1.82) is 0 Å². The standard InChI is InChI=1S/C41H55F3N6O8S/c1-7-57-28-12-13-30-26(19-28)14-17-45-34(30)58-29-20-32-33(51)47-40(36(53)49-59(55,56)39(6)15-16-39)21-27(40)11-9-8-10-24(2)18-25(3)31(35(52)50(32)23-29)22-46-37(54)48-38(4,5)41(42,43)44/h9,11-14,17,19,24-25,27,29,31-32H,7-8,10,15-16,18,20-23H2,1-6H3,(H,47,51)(H,49,53)(H2,46,48,54). The third-order valence-corrected chi connectivity index (χ3v) is 14.5. The summed E-state index contributed by atoms with van der Waals surface area (Å²) in [5, 5.41) is 8.70. The Morgan fingerprint density at radius 2 is 1.83 bits per heavy atom. The minimum absolute atomic E-state index is 0.0353. The lowest BCUT2D eigenvalue weighted by atomic mass is 9.83. The molecular formula is C41H55F3N6O8S. The quantitative estimate of drug-likeness (QED) is 0.236. The average molecular weight is 849 g/mol. The number of amides is 5. The average Bonchev–Trinajstić information content (AvgIpc) is 4.02. The second-order valence-electron chi connectivity index (χ2n) is 17.5. The third kappa shape index (κ3) is 9.41. The van der Waals surface area contributed by atoms with E-state index in [1.165, 1.54) is 4.90 Å². The molecule has 4 aliphatic rings. The van der Waals surface area contributed by atoms with E-state index in [2.05, 4.69) is 20.3 Å². The van der Waals surface area contributed by atoms with Gasteiger partial charge in [0, 0.05) is 30.5 Å². The smallest absolute Gasteiger partial charge is 0.411 e. The van der Waals surface area contributed by atoms with Gasteiger partial charge in [-0.3, -0.25) is 19.1 Å². The maximum Gasteiger partial charge on any atom is 0.411 e. The fraction of sp³-hybridized carbons (Fsp3) is 0.634. The number of fused-ring (bicyclic) bond motifs is 3. The number of rotatable bonds is 10. The molecule has 2 aromatic rings. The summed E-state index contributed by atoms with van der Waals surface area (Å²) in [6.45, 7) is 8.96. The molecule has 0 bridgehead atoms. The number of benzene rings is 1. The van der Waals surface area contributed by atoms with Crippen LogP contribution in [0.2, 0.25) is 0 Å². The van der Waals surface area contributed by atoms with Crippen LogP contribution in [-0.4, -0.2) is 95.9 Å². The molecule has 2 saturated carbocycles. The highest BCUT2D eigenvalue weighted by Gasteiger charge is 2.63. The van der Waals surface area contributed by atoms with Gasteiger partial charge in [0.05, 0.1) is 23.8 Å². The van der Waals surface area contributed by atoms with Crippen LogP contribution in [-0.2, 0) is 24.4 Å². The number of nitrogens with one attached hydrogen (secondary N) is 4. The number of ether oxygens (including phenoxy) is 2. The molecule has 324 valence electrons. The first kappa shape index (κ1) is 44.0. The molecule has 5 amide bonds. The van der Waals surface area contributed by atoms with Crippen molar-refractivity contribution < 1.29 is 50.2 Å². The second-order valence-corrected chi connectivity index (χ2v) is 19.7. The Kier molecular flexibility index (Phi) is 12.3. The van der Waals surface area contributed by atoms with E-state index in [1.807, 2.05) is 44.3 Å². The fourth-order valence-electron chi connectivity index (χ4n) is 7.98. The number of hydrogen-bond donors (Lipinski definition) is 4. The Morgan fingerprint density at radius 1 is 1.10 bits per heavy atom. The van der Waals surface area contributed by atoms with Gasteiger partial charge in [-0.1, -0.05) is 26.0 Å². The zero-order valence-electron chi connectivity index (χ0n) is 34.3. The number of carbonyl (C=O) groups excluding carboxylic acids is 4. The highest BCUT2D eigenvalue weighted by molar-refractivity contribution is 7.91. The number of allylic oxidation sites excluding steroid dienone is 1. The van der Waals surface area contributed by atoms with Gasteiger partial charge >= 0.3 is 12.2 Å². The van der Waals surface area contributed by atoms with E-state index < -0.39 is 85.7 Å². The Balaban J connectivity index is 1.32. The van der Waals surface area contributed by atoms with Crippen molar-refractivity contribution in [3.05, 3.63) is 42.6 Å². The molecule has 2 aliphatic carbocycles. The Morgan fingerprint density at radius 3 is 2.51 bits per heavy atom. The predicted octanol–water partition coefficient (Wildman–Crippen LogP) is 5.12. The largest absolute Gasteiger partial charge is 0.494 e. The number of pyridine rings is 1. The molecule has 4 N–H and O–H groups in total. The maximum atomic E-state index is 14.8. The molecule has 14 nitrogen and oxygen atoms in total. The molecule has 7 atom stereocenters. The highest BCUT2D eigenvalue weighted by atomic mass is 32.2. The molecule has 7 unspecified atom stereocenters. The monoisotopic (exact) mass is 848 g/mol. The lowest BCUT2D eigenvalue weighted by Crippen LogP contribution is -2.59. The molecule has 0 spiro atoms. The summed E-state index contributed by atoms with van der Waals surface area (Å²) < 4.78 is 80.5. The SMILES string of the molecule is CCOc1ccc2c(OC3CC4C(=O)NC5(C(=O)NS(=O)(=O)C6(C)CC6)CC5C=CCCC(C)CC(C)C(CNC(=O)NC(C)(C)C(F)(F)F)C(=O)N4C3)nccc2c1. The van der Waals surface area contributed by atoms with E-state index in [1.54, 1.807) is 31.3 Å². The van der Waals surface area contributed by atoms with Gasteiger partial charge in [-0.15, -0.1) is 0 Å². The lowest BCUT2D eigenvalue weighted by molar-refractivity contribution is -0.182. The van der Waals surface area contributed by atoms with Gasteiger partial charge in [0.1, 0.15) is 29.0 Å². The molecule has 6 rings (SSSR count). The topological polar surface area (TPSA) is 185 Å². The van der Waals surface area contributed by atoms with Gasteiger partial charge in [-0.05, 0) is 108 Å². The van der Waals surface area contributed by atoms with E-state index in [0.717, 1.165) is 19.2 Å². The number of hydrogen-bond acceptors (Lipinski definition) is 9. The molecule has 3 fully saturated rings. The zero-order valence-corrected chi connectivity index (χ0v) is 35.1. The van der Waals surface area contributed by atoms with Crippen LogP contribution in [0.25, 0.3) is 10.8 Å². The van der Waals surface area contributed by atoms with Crippen LogP contribution in [0, 0.1) is 23.7 Å². The summed E-state index contributed by atoms with van der Waals surface area (Å²) >= 11 is 0. The van der Waals surface area contributed by atoms with Crippen LogP contribution >= 0.6 is 0 Å². The summed E-state index contributed by atoms with van der Waals surface area (Å²) in [5.74, 6) is -3.02. The van der Waals surface area contributed by atoms with Crippen molar-refractivity contribution >= 4 is 44.5 Å². The summed E-state index contributed by atoms with van der Waals surface area (Å²) in [4.78, 5) is 62.0. The molecule has 18 heteroatoms. The van der Waals surface area contributed by atoms with Gasteiger partial charge in [0.25, 0.3) is 5.91 Å². The third-order valence-electron chi connectivity index (χ3n) is 12.3. The first-order chi connectivity index (χ1) is 27.6. The summed E-state index contributed by atoms with van der Waals surface area (Å²) in [6.07, 6.45) is 2.45. The van der Waals surface area contributed by atoms with Crippen LogP contribution in [0.5, 0.6) is 11.6 Å². The molecule has 2 aliphatic heterocycles. The number of halogens is 3. The van der Waals surface area contributed by atoms with Crippen molar-refractivity contribution in [2.45, 2.75) is 121 Å². The van der Waals surface area contributed by atoms with E-state index >= 15 is 0 Å². The van der Waals surface area contributed by atoms with Crippen LogP contribution in [0.3, 0.4) is 0 Å². The van der Waals surface area contributed by atoms with Crippen molar-refractivity contribution in [2.24, 2.45) is 23.7 Å². The van der Waals surface area contributed by atoms with Crippen molar-refractivity contribution in [2.75, 3.05) is 19.7 Å². The number of urea groups is 1. The Labute approximate surface area is 342 Å². The second kappa shape index (κ2) is 16.4. The van der Waals surface area contributed by atoms with E-state index in [4.69, 9.17) is 9.47 Å². The molecule has 1 saturated heterocycles. The normalized spacial score (nSPS) is 28.6. The molecular weight excluding hydrogens is 794 g/mol. The molecule has 59 heavy (non-hydrogen) atoms. The van der Waals surface area contributed by atoms with E-state index in [9.17, 15) is 40.8 Å². The molecule has 1 aromatic carbocycles. The van der Waals surface area contributed by atoms with Crippen molar-refractivity contribution in [1.82, 2.24) is 30.6 Å². The highest BCUT2D eigenvalue weighted by Crippen LogP contribution is 2.48. The first-order valence-corrected chi connectivity index (χ1v) is 21.7. The van der Waals surface area contributed by atoms with Crippen LogP contribution in [0.15, 0.2) is 42.6 Å². The zero-order chi connectivity index (χ0) is 43.1. The van der Waals surface area contributed by atoms with Gasteiger partial charge in [0.15, 0.2) is 0 Å². The molecule has 3 heterocycles. The summed E-state index contributed by atoms with van der Waals surface area (Å²) in [7, 11) is -4.05. The first-order valence-electron chi connectivity index (χ1n) is 20.3. The maximum absolute atomic E-state index is 14.8. The van der Waals surface area contributed by atoms with Gasteiger partial charge in [-0.2, -0.15) is 13.2 Å². The number of carbonyl (C=O) groups is 4. The number of sulfonamides is 1. The summed E-state index contributed by atoms with van der Waals surface area (Å²) in [5.41, 5.74) is -4.16. The molecule has 1 aromatic heterocycles. The van der Waals surface area contributed by atoms with Crippen molar-refractivity contribution in [3.63, 3.8) is 0 Å². The minimum atomic E-state index is -4.75. The predicted molar refractivity (Wildman–Crippen MR) is 213 cm³/mol. The minimum Gasteiger partial charge on any atom is -0.494 e. The van der Waals surface area contributed by atoms with Gasteiger partial charge < -0.3 is 30.3 Å². The summed E-state index contributed by atoms with van der Waals surface area (Å²) in [6, 6.07) is 4.87. The Bertz CT molecular complexity index is 2090. The Hall–Kier alpha value is -4.61. The van der Waals surface area contributed by atoms with Crippen LogP contribution in [0.4, 0.5) is 18.0 Å². The lowest BCUT2D eigenvalue weighted by Gasteiger charge is -2.33. The van der Waals surface area contributed by atoms with E-state index in [-0.39, 0.29) is 37.7 Å². The van der Waals surface area contributed by atoms with Crippen LogP contribution < -0.4 is 30.1 Å². The van der Waals surface area contributed by atoms with Crippen molar-refractivity contribution in [3.8, 4) is 11.6 Å². The van der Waals surface area contributed by atoms with Crippen LogP contribution in [0.1, 0.15) is 86.5 Å². The number of aromatic nitrogens is 1. The molecule has 0 radical (unpaired) electrons. The van der Waals surface area contributed by atoms with E-state index in [0.29, 0.717) is 49.8 Å². The fourth-order valence-corrected chi connectivity index (χ4v) is 9.29. The number of alkyl halides is 3.